The highest BCUT2D eigenvalue weighted by Gasteiger charge is 2.27. The first kappa shape index (κ1) is 16.3. The number of benzene rings is 1. The molecule has 0 aliphatic heterocycles. The number of carbonyl (C=O) groups excluding carboxylic acids is 1. The first-order chi connectivity index (χ1) is 10.7. The third kappa shape index (κ3) is 4.76. The number of carbonyl (C=O) groups is 1. The van der Waals surface area contributed by atoms with Gasteiger partial charge in [0.2, 0.25) is 0 Å². The number of allylic oxidation sites excluding steroid dienone is 1. The maximum atomic E-state index is 11.3. The van der Waals surface area contributed by atoms with E-state index in [0.29, 0.717) is 18.3 Å². The topological polar surface area (TPSA) is 35.5 Å². The van der Waals surface area contributed by atoms with Crippen molar-refractivity contribution in [1.82, 2.24) is 0 Å². The lowest BCUT2D eigenvalue weighted by atomic mass is 9.81. The molecule has 2 rings (SSSR count). The first-order valence-corrected chi connectivity index (χ1v) is 7.96. The minimum Gasteiger partial charge on any atom is -0.490 e. The zero-order valence-electron chi connectivity index (χ0n) is 13.2. The van der Waals surface area contributed by atoms with Crippen molar-refractivity contribution >= 4 is 5.97 Å². The quantitative estimate of drug-likeness (QED) is 0.339. The summed E-state index contributed by atoms with van der Waals surface area (Å²) in [5.41, 5.74) is 1.31. The Bertz CT molecular complexity index is 519. The lowest BCUT2D eigenvalue weighted by molar-refractivity contribution is -0.137. The van der Waals surface area contributed by atoms with E-state index < -0.39 is 0 Å². The molecule has 1 aromatic carbocycles. The fourth-order valence-electron chi connectivity index (χ4n) is 2.90. The van der Waals surface area contributed by atoms with Crippen molar-refractivity contribution in [3.63, 3.8) is 0 Å². The number of rotatable bonds is 6. The van der Waals surface area contributed by atoms with Gasteiger partial charge in [0.15, 0.2) is 0 Å². The van der Waals surface area contributed by atoms with Crippen LogP contribution in [0, 0.1) is 0 Å². The summed E-state index contributed by atoms with van der Waals surface area (Å²) >= 11 is 0. The zero-order chi connectivity index (χ0) is 15.8. The largest absolute Gasteiger partial charge is 0.490 e. The van der Waals surface area contributed by atoms with E-state index in [-0.39, 0.29) is 12.1 Å². The molecule has 1 aliphatic carbocycles. The summed E-state index contributed by atoms with van der Waals surface area (Å²) in [7, 11) is 0. The second kappa shape index (κ2) is 8.42. The Morgan fingerprint density at radius 2 is 1.95 bits per heavy atom. The van der Waals surface area contributed by atoms with E-state index in [4.69, 9.17) is 9.47 Å². The fourth-order valence-corrected chi connectivity index (χ4v) is 2.90. The van der Waals surface area contributed by atoms with E-state index in [1.165, 1.54) is 24.5 Å². The molecule has 0 radical (unpaired) electrons. The van der Waals surface area contributed by atoms with Crippen molar-refractivity contribution in [2.45, 2.75) is 44.6 Å². The van der Waals surface area contributed by atoms with E-state index in [1.54, 1.807) is 13.0 Å². The molecule has 1 saturated carbocycles. The molecule has 0 N–H and O–H groups in total. The van der Waals surface area contributed by atoms with Gasteiger partial charge in [0.1, 0.15) is 11.9 Å². The number of hydrogen-bond acceptors (Lipinski definition) is 3. The lowest BCUT2D eigenvalue weighted by Gasteiger charge is -2.32. The van der Waals surface area contributed by atoms with Crippen molar-refractivity contribution in [3.8, 4) is 0 Å². The summed E-state index contributed by atoms with van der Waals surface area (Å²) < 4.78 is 10.8. The molecule has 0 aromatic heterocycles. The van der Waals surface area contributed by atoms with Crippen LogP contribution < -0.4 is 0 Å². The summed E-state index contributed by atoms with van der Waals surface area (Å²) in [4.78, 5) is 11.3. The monoisotopic (exact) mass is 300 g/mol. The molecule has 0 bridgehead atoms. The fraction of sp³-hybridized carbons (Fsp3) is 0.421. The second-order valence-electron chi connectivity index (χ2n) is 5.51. The smallest absolute Gasteiger partial charge is 0.330 e. The zero-order valence-corrected chi connectivity index (χ0v) is 13.2. The van der Waals surface area contributed by atoms with Gasteiger partial charge in [-0.15, -0.1) is 0 Å². The molecule has 3 heteroatoms. The Morgan fingerprint density at radius 1 is 1.23 bits per heavy atom. The van der Waals surface area contributed by atoms with Crippen LogP contribution in [0.15, 0.2) is 54.8 Å². The third-order valence-corrected chi connectivity index (χ3v) is 3.92. The highest BCUT2D eigenvalue weighted by atomic mass is 16.5. The molecule has 1 aliphatic rings. The van der Waals surface area contributed by atoms with Crippen LogP contribution in [0.3, 0.4) is 0 Å². The third-order valence-electron chi connectivity index (χ3n) is 3.92. The van der Waals surface area contributed by atoms with E-state index in [2.05, 4.69) is 30.8 Å². The Hall–Kier alpha value is -2.03. The van der Waals surface area contributed by atoms with Crippen LogP contribution in [0.25, 0.3) is 0 Å². The Morgan fingerprint density at radius 3 is 2.68 bits per heavy atom. The number of hydrogen-bond donors (Lipinski definition) is 0. The van der Waals surface area contributed by atoms with Gasteiger partial charge in [-0.05, 0) is 37.8 Å². The average molecular weight is 300 g/mol. The molecule has 2 atom stereocenters. The van der Waals surface area contributed by atoms with Crippen LogP contribution >= 0.6 is 0 Å². The van der Waals surface area contributed by atoms with Gasteiger partial charge < -0.3 is 9.47 Å². The number of ether oxygens (including phenoxy) is 2. The molecule has 0 saturated heterocycles. The van der Waals surface area contributed by atoms with Gasteiger partial charge in [-0.25, -0.2) is 4.79 Å². The van der Waals surface area contributed by atoms with Gasteiger partial charge in [-0.3, -0.25) is 0 Å². The highest BCUT2D eigenvalue weighted by Crippen LogP contribution is 2.35. The summed E-state index contributed by atoms with van der Waals surface area (Å²) in [6, 6.07) is 10.5. The molecule has 22 heavy (non-hydrogen) atoms. The van der Waals surface area contributed by atoms with Crippen LogP contribution in [0.5, 0.6) is 0 Å². The van der Waals surface area contributed by atoms with E-state index in [0.717, 1.165) is 12.8 Å². The molecule has 0 spiro atoms. The average Bonchev–Trinajstić information content (AvgIpc) is 2.55. The highest BCUT2D eigenvalue weighted by molar-refractivity contribution is 5.82. The standard InChI is InChI=1S/C19H24O3/c1-3-21-19(20)14-13-15(2)22-18-12-8-7-11-17(18)16-9-5-4-6-10-16/h4-6,9-10,13-14,17-18H,2-3,7-8,11-12H2,1H3/b14-13+/t17-,18+/m1/s1. The van der Waals surface area contributed by atoms with Crippen LogP contribution in [-0.4, -0.2) is 18.7 Å². The van der Waals surface area contributed by atoms with E-state index >= 15 is 0 Å². The molecule has 0 unspecified atom stereocenters. The second-order valence-corrected chi connectivity index (χ2v) is 5.51. The van der Waals surface area contributed by atoms with Crippen molar-refractivity contribution in [3.05, 3.63) is 60.4 Å². The van der Waals surface area contributed by atoms with Gasteiger partial charge in [0, 0.05) is 12.0 Å². The Labute approximate surface area is 132 Å². The summed E-state index contributed by atoms with van der Waals surface area (Å²) in [6.45, 7) is 6.04. The summed E-state index contributed by atoms with van der Waals surface area (Å²) in [5.74, 6) is 0.541. The van der Waals surface area contributed by atoms with Crippen LogP contribution in [-0.2, 0) is 14.3 Å². The van der Waals surface area contributed by atoms with Crippen LogP contribution in [0.1, 0.15) is 44.1 Å². The first-order valence-electron chi connectivity index (χ1n) is 7.96. The van der Waals surface area contributed by atoms with E-state index in [9.17, 15) is 4.79 Å². The molecule has 1 fully saturated rings. The Balaban J connectivity index is 1.97. The molecule has 0 heterocycles. The maximum Gasteiger partial charge on any atom is 0.330 e. The molecular weight excluding hydrogens is 276 g/mol. The van der Waals surface area contributed by atoms with Gasteiger partial charge in [0.25, 0.3) is 0 Å². The number of esters is 1. The van der Waals surface area contributed by atoms with Crippen LogP contribution in [0.4, 0.5) is 0 Å². The van der Waals surface area contributed by atoms with Crippen molar-refractivity contribution in [1.29, 1.82) is 0 Å². The van der Waals surface area contributed by atoms with Crippen molar-refractivity contribution in [2.75, 3.05) is 6.61 Å². The minimum absolute atomic E-state index is 0.121. The Kier molecular flexibility index (Phi) is 6.26. The van der Waals surface area contributed by atoms with Gasteiger partial charge >= 0.3 is 5.97 Å². The molecule has 0 amide bonds. The van der Waals surface area contributed by atoms with E-state index in [1.807, 2.05) is 6.07 Å². The predicted octanol–water partition coefficient (Wildman–Crippen LogP) is 4.36. The maximum absolute atomic E-state index is 11.3. The minimum atomic E-state index is -0.365. The summed E-state index contributed by atoms with van der Waals surface area (Å²) in [6.07, 6.45) is 7.62. The molecular formula is C19H24O3. The molecule has 3 nitrogen and oxygen atoms in total. The van der Waals surface area contributed by atoms with Gasteiger partial charge in [0.05, 0.1) is 6.61 Å². The molecule has 1 aromatic rings. The van der Waals surface area contributed by atoms with Gasteiger partial charge in [-0.2, -0.15) is 0 Å². The van der Waals surface area contributed by atoms with Crippen molar-refractivity contribution < 1.29 is 14.3 Å². The van der Waals surface area contributed by atoms with Crippen molar-refractivity contribution in [2.24, 2.45) is 0 Å². The van der Waals surface area contributed by atoms with Crippen LogP contribution in [0.2, 0.25) is 0 Å². The normalized spacial score (nSPS) is 21.5. The van der Waals surface area contributed by atoms with Gasteiger partial charge in [-0.1, -0.05) is 43.3 Å². The molecule has 118 valence electrons. The predicted molar refractivity (Wildman–Crippen MR) is 87.4 cm³/mol. The summed E-state index contributed by atoms with van der Waals surface area (Å²) in [5, 5.41) is 0. The SMILES string of the molecule is C=C(/C=C/C(=O)OCC)O[C@H]1CCCC[C@@H]1c1ccccc1. The lowest BCUT2D eigenvalue weighted by Crippen LogP contribution is -2.25.